The third-order valence-electron chi connectivity index (χ3n) is 16.4. The molecule has 5 heterocycles. The molecule has 10 atom stereocenters. The zero-order valence-electron chi connectivity index (χ0n) is 48.0. The summed E-state index contributed by atoms with van der Waals surface area (Å²) in [6.45, 7) is 6.49. The molecule has 3 saturated carbocycles. The number of nitrogens with zero attached hydrogens (tertiary/aromatic N) is 3. The monoisotopic (exact) mass is 1220 g/mol. The largest absolute Gasteiger partial charge is 0.471 e. The molecule has 1 aromatic carbocycles. The lowest BCUT2D eigenvalue weighted by Gasteiger charge is -2.30. The summed E-state index contributed by atoms with van der Waals surface area (Å²) in [5.41, 5.74) is -2.64. The minimum absolute atomic E-state index is 0.00168. The number of halogens is 4. The summed E-state index contributed by atoms with van der Waals surface area (Å²) in [5, 5.41) is 19.4. The molecule has 9 rings (SSSR count). The number of ether oxygens (including phenoxy) is 3. The Hall–Kier alpha value is -6.84. The van der Waals surface area contributed by atoms with Crippen LogP contribution in [0.15, 0.2) is 42.5 Å². The van der Waals surface area contributed by atoms with Crippen molar-refractivity contribution in [2.24, 2.45) is 11.8 Å². The van der Waals surface area contributed by atoms with E-state index in [0.29, 0.717) is 68.9 Å². The third-order valence-corrected chi connectivity index (χ3v) is 18.3. The Kier molecular flexibility index (Phi) is 19.6. The highest BCUT2D eigenvalue weighted by Gasteiger charge is 2.63. The van der Waals surface area contributed by atoms with Gasteiger partial charge in [0.25, 0.3) is 5.91 Å². The summed E-state index contributed by atoms with van der Waals surface area (Å²) in [4.78, 5) is 122. The van der Waals surface area contributed by atoms with Crippen molar-refractivity contribution in [1.29, 1.82) is 0 Å². The van der Waals surface area contributed by atoms with Crippen molar-refractivity contribution >= 4 is 63.6 Å². The van der Waals surface area contributed by atoms with Gasteiger partial charge in [-0.25, -0.2) is 27.2 Å². The normalized spacial score (nSPS) is 30.8. The van der Waals surface area contributed by atoms with Gasteiger partial charge in [-0.1, -0.05) is 62.1 Å². The Morgan fingerprint density at radius 2 is 1.34 bits per heavy atom. The number of aliphatic hydroxyl groups excluding tert-OH is 1. The van der Waals surface area contributed by atoms with Crippen LogP contribution in [0.4, 0.5) is 27.2 Å². The fraction of sp³-hybridized carbons (Fsp3) is 0.667. The molecule has 5 fully saturated rings. The van der Waals surface area contributed by atoms with Gasteiger partial charge in [0.1, 0.15) is 52.8 Å². The van der Waals surface area contributed by atoms with Gasteiger partial charge in [0, 0.05) is 43.3 Å². The van der Waals surface area contributed by atoms with Crippen LogP contribution in [-0.2, 0) is 70.9 Å². The highest BCUT2D eigenvalue weighted by molar-refractivity contribution is 7.91. The molecule has 28 heteroatoms. The van der Waals surface area contributed by atoms with Crippen molar-refractivity contribution in [2.45, 2.75) is 208 Å². The minimum atomic E-state index is -5.17. The number of hydrogen-bond donors (Lipinski definition) is 6. The molecule has 0 aromatic heterocycles. The van der Waals surface area contributed by atoms with Gasteiger partial charge in [-0.2, -0.15) is 13.2 Å². The van der Waals surface area contributed by atoms with Crippen molar-refractivity contribution in [3.05, 3.63) is 59.4 Å². The van der Waals surface area contributed by atoms with E-state index in [2.05, 4.69) is 20.7 Å². The molecule has 1 aromatic rings. The molecular weight excluding hydrogens is 1140 g/mol. The van der Waals surface area contributed by atoms with E-state index in [9.17, 15) is 74.2 Å². The number of esters is 1. The molecule has 0 radical (unpaired) electrons. The van der Waals surface area contributed by atoms with E-state index >= 15 is 0 Å². The van der Waals surface area contributed by atoms with Gasteiger partial charge in [0.15, 0.2) is 0 Å². The van der Waals surface area contributed by atoms with Crippen LogP contribution in [0.5, 0.6) is 0 Å². The number of aliphatic hydroxyl groups is 1. The Bertz CT molecular complexity index is 2940. The van der Waals surface area contributed by atoms with Crippen molar-refractivity contribution in [3.8, 4) is 0 Å². The molecule has 23 nitrogen and oxygen atoms in total. The zero-order chi connectivity index (χ0) is 61.8. The van der Waals surface area contributed by atoms with Crippen LogP contribution in [-0.4, -0.2) is 166 Å². The average molecular weight is 1220 g/mol. The van der Waals surface area contributed by atoms with Gasteiger partial charge in [0.2, 0.25) is 33.7 Å². The van der Waals surface area contributed by atoms with Crippen LogP contribution in [0.25, 0.3) is 0 Å². The third kappa shape index (κ3) is 15.6. The second kappa shape index (κ2) is 26.0. The maximum Gasteiger partial charge on any atom is 0.471 e. The molecule has 3 aliphatic carbocycles. The number of sulfonamides is 1. The Morgan fingerprint density at radius 3 is 1.93 bits per heavy atom. The smallest absolute Gasteiger partial charge is 0.464 e. The predicted molar refractivity (Wildman–Crippen MR) is 292 cm³/mol. The summed E-state index contributed by atoms with van der Waals surface area (Å²) in [5.74, 6) is -7.77. The van der Waals surface area contributed by atoms with Crippen LogP contribution in [0.1, 0.15) is 142 Å². The number of rotatable bonds is 8. The summed E-state index contributed by atoms with van der Waals surface area (Å²) < 4.78 is 97.0. The van der Waals surface area contributed by atoms with Crippen molar-refractivity contribution < 1.29 is 88.4 Å². The number of fused-ring (bicyclic) bond motifs is 5. The van der Waals surface area contributed by atoms with Crippen LogP contribution in [0.3, 0.4) is 0 Å². The van der Waals surface area contributed by atoms with Gasteiger partial charge >= 0.3 is 30.2 Å². The molecule has 0 bridgehead atoms. The minimum Gasteiger partial charge on any atom is -0.464 e. The number of alkyl carbamates (subject to hydrolysis) is 1. The van der Waals surface area contributed by atoms with Crippen LogP contribution in [0, 0.1) is 17.7 Å². The van der Waals surface area contributed by atoms with Gasteiger partial charge in [-0.15, -0.1) is 0 Å². The SMILES string of the molecule is CC(C)(C)OC(=O)N[C@H]1CCCCC/C=C\[C@@H]2C[C@@]2(C(=O)NS(=O)(=O)C2CC2)NC(=O)[C@@H]2C[C@@H](OC(=O)N3Cc4cccc(F)c4C3)CN2C1=O.CCOC(=O)[C@@]12C[C@H]1/C=C\CCCCC[C@H](NC(=O)C(F)(F)F)C(=O)N1C[C@H](O)C[C@H]1C(=O)N2. The quantitative estimate of drug-likeness (QED) is 0.0924. The molecule has 6 N–H and O–H groups in total. The Labute approximate surface area is 490 Å². The van der Waals surface area contributed by atoms with Crippen LogP contribution < -0.4 is 26.0 Å². The second-order valence-corrected chi connectivity index (χ2v) is 26.1. The number of nitrogens with one attached hydrogen (secondary N) is 5. The fourth-order valence-corrected chi connectivity index (χ4v) is 13.0. The van der Waals surface area contributed by atoms with E-state index in [-0.39, 0.29) is 70.8 Å². The van der Waals surface area contributed by atoms with Crippen LogP contribution in [0.2, 0.25) is 0 Å². The van der Waals surface area contributed by atoms with Gasteiger partial charge in [0.05, 0.1) is 31.1 Å². The van der Waals surface area contributed by atoms with E-state index < -0.39 is 140 Å². The van der Waals surface area contributed by atoms with Crippen molar-refractivity contribution in [3.63, 3.8) is 0 Å². The lowest BCUT2D eigenvalue weighted by molar-refractivity contribution is -0.175. The molecule has 8 aliphatic rings. The molecule has 85 heavy (non-hydrogen) atoms. The van der Waals surface area contributed by atoms with E-state index in [1.165, 1.54) is 15.9 Å². The Morgan fingerprint density at radius 1 is 0.765 bits per heavy atom. The summed E-state index contributed by atoms with van der Waals surface area (Å²) >= 11 is 0. The highest BCUT2D eigenvalue weighted by Crippen LogP contribution is 2.47. The lowest BCUT2D eigenvalue weighted by atomic mass is 10.0. The van der Waals surface area contributed by atoms with E-state index in [0.717, 1.165) is 17.7 Å². The first-order chi connectivity index (χ1) is 40.1. The van der Waals surface area contributed by atoms with Gasteiger partial charge in [-0.3, -0.25) is 38.4 Å². The van der Waals surface area contributed by atoms with E-state index in [1.807, 2.05) is 24.3 Å². The summed E-state index contributed by atoms with van der Waals surface area (Å²) in [6.07, 6.45) is 5.05. The first kappa shape index (κ1) is 64.2. The first-order valence-electron chi connectivity index (χ1n) is 29.1. The average Bonchev–Trinajstić information content (AvgIpc) is 1.66. The number of alkyl halides is 3. The summed E-state index contributed by atoms with van der Waals surface area (Å²) in [7, 11) is -3.92. The second-order valence-electron chi connectivity index (χ2n) is 24.2. The molecule has 0 spiro atoms. The number of benzene rings is 1. The maximum atomic E-state index is 14.4. The fourth-order valence-electron chi connectivity index (χ4n) is 11.6. The van der Waals surface area contributed by atoms with Crippen LogP contribution >= 0.6 is 0 Å². The molecular formula is C57H76F4N8O15S. The van der Waals surface area contributed by atoms with Gasteiger partial charge in [-0.05, 0) is 104 Å². The number of allylic oxidation sites excluding steroid dienone is 2. The number of amides is 8. The molecule has 468 valence electrons. The highest BCUT2D eigenvalue weighted by atomic mass is 32.2. The maximum absolute atomic E-state index is 14.4. The molecule has 2 saturated heterocycles. The molecule has 5 aliphatic heterocycles. The lowest BCUT2D eigenvalue weighted by Crippen LogP contribution is -2.58. The Balaban J connectivity index is 0.000000241. The van der Waals surface area contributed by atoms with E-state index in [4.69, 9.17) is 14.2 Å². The number of carbonyl (C=O) groups excluding carboxylic acids is 9. The summed E-state index contributed by atoms with van der Waals surface area (Å²) in [6, 6.07) is -0.399. The molecule has 8 amide bonds. The molecule has 0 unspecified atom stereocenters. The zero-order valence-corrected chi connectivity index (χ0v) is 48.8. The predicted octanol–water partition coefficient (Wildman–Crippen LogP) is 4.10. The van der Waals surface area contributed by atoms with Crippen molar-refractivity contribution in [2.75, 3.05) is 19.7 Å². The first-order valence-corrected chi connectivity index (χ1v) is 30.7. The standard InChI is InChI=1S/C35H46FN5O9S.C22H30F3N3O6/c1-34(2,3)50-32(45)37-27-13-8-6-4-5-7-11-22-17-35(22,31(44)39-51(47,48)24-14-15-24)38-29(42)28-16-23(19-41(28)30(27)43)49-33(46)40-18-21-10-9-12-26(36)25(21)20-40;1-2-34-20(33)21-11-13(21)8-6-4-3-5-7-9-15(26-19(32)22(23,24)25)18(31)28-12-14(29)10-16(28)17(30)27-21/h7,9-12,22-24,27-28H,4-6,8,13-20H2,1-3H3,(H,37,45)(H,38,42)(H,39,44);6,8,13-16,29H,2-5,7,9-12H2,1H3,(H,26,32)(H,27,30)/b11-7-;8-6-/t22-,23-,27+,28+,35-;13-,14-,15+,16+,21-/m11/s1. The van der Waals surface area contributed by atoms with E-state index in [1.54, 1.807) is 45.1 Å². The van der Waals surface area contributed by atoms with Gasteiger partial charge < -0.3 is 50.4 Å². The number of carbonyl (C=O) groups is 9. The van der Waals surface area contributed by atoms with Crippen molar-refractivity contribution in [1.82, 2.24) is 40.7 Å². The number of hydrogen-bond acceptors (Lipinski definition) is 15. The topological polar surface area (TPSA) is 306 Å².